The number of aryl methyl sites for hydroxylation is 2. The molecular weight excluding hydrogens is 569 g/mol. The van der Waals surface area contributed by atoms with Crippen molar-refractivity contribution in [3.63, 3.8) is 0 Å². The second kappa shape index (κ2) is 15.9. The Morgan fingerprint density at radius 3 is 2.42 bits per heavy atom. The SMILES string of the molecule is C=C/C=C(\C=C(\F)CCCC(=O)CO)NCc1ccc(OC(C)C)c(-c2c(C)cc(OC3CCS(=O)(=O)CC3)cc2C)c1. The summed E-state index contributed by atoms with van der Waals surface area (Å²) in [4.78, 5) is 11.3. The molecule has 43 heavy (non-hydrogen) atoms. The highest BCUT2D eigenvalue weighted by molar-refractivity contribution is 7.91. The number of aliphatic hydroxyl groups is 1. The third kappa shape index (κ3) is 10.7. The normalized spacial score (nSPS) is 15.8. The lowest BCUT2D eigenvalue weighted by molar-refractivity contribution is -0.121. The summed E-state index contributed by atoms with van der Waals surface area (Å²) in [6.45, 7) is 11.6. The fourth-order valence-electron chi connectivity index (χ4n) is 5.10. The number of sulfone groups is 1. The molecule has 7 nitrogen and oxygen atoms in total. The van der Waals surface area contributed by atoms with Gasteiger partial charge in [0.05, 0.1) is 17.6 Å². The van der Waals surface area contributed by atoms with E-state index < -0.39 is 16.4 Å². The van der Waals surface area contributed by atoms with Crippen molar-refractivity contribution in [3.8, 4) is 22.6 Å². The summed E-state index contributed by atoms with van der Waals surface area (Å²) < 4.78 is 50.5. The zero-order valence-corrected chi connectivity index (χ0v) is 26.4. The Morgan fingerprint density at radius 2 is 1.81 bits per heavy atom. The molecule has 1 aliphatic heterocycles. The Bertz CT molecular complexity index is 1420. The first-order valence-corrected chi connectivity index (χ1v) is 16.6. The molecule has 1 heterocycles. The van der Waals surface area contributed by atoms with E-state index in [4.69, 9.17) is 14.6 Å². The van der Waals surface area contributed by atoms with E-state index in [1.54, 1.807) is 12.2 Å². The fourth-order valence-corrected chi connectivity index (χ4v) is 6.55. The molecule has 1 saturated heterocycles. The molecule has 0 bridgehead atoms. The minimum Gasteiger partial charge on any atom is -0.490 e. The number of halogens is 1. The van der Waals surface area contributed by atoms with Crippen LogP contribution in [-0.2, 0) is 21.2 Å². The van der Waals surface area contributed by atoms with Gasteiger partial charge in [-0.2, -0.15) is 0 Å². The number of benzene rings is 2. The number of hydrogen-bond acceptors (Lipinski definition) is 7. The van der Waals surface area contributed by atoms with Crippen molar-refractivity contribution in [2.24, 2.45) is 0 Å². The molecule has 234 valence electrons. The van der Waals surface area contributed by atoms with Crippen molar-refractivity contribution in [2.75, 3.05) is 18.1 Å². The van der Waals surface area contributed by atoms with Gasteiger partial charge >= 0.3 is 0 Å². The number of rotatable bonds is 15. The molecular formula is C34H44FNO6S. The number of aliphatic hydroxyl groups excluding tert-OH is 1. The van der Waals surface area contributed by atoms with Crippen LogP contribution in [0, 0.1) is 13.8 Å². The molecule has 0 amide bonds. The molecule has 1 aliphatic rings. The summed E-state index contributed by atoms with van der Waals surface area (Å²) in [7, 11) is -2.96. The van der Waals surface area contributed by atoms with E-state index in [9.17, 15) is 17.6 Å². The predicted octanol–water partition coefficient (Wildman–Crippen LogP) is 6.46. The smallest absolute Gasteiger partial charge is 0.158 e. The molecule has 2 aromatic rings. The van der Waals surface area contributed by atoms with Crippen LogP contribution in [0.25, 0.3) is 11.1 Å². The number of nitrogens with one attached hydrogen (secondary N) is 1. The van der Waals surface area contributed by atoms with Gasteiger partial charge in [0, 0.05) is 24.2 Å². The molecule has 0 atom stereocenters. The maximum absolute atomic E-state index is 14.5. The molecule has 0 aliphatic carbocycles. The minimum atomic E-state index is -2.96. The molecule has 2 aromatic carbocycles. The van der Waals surface area contributed by atoms with Crippen LogP contribution >= 0.6 is 0 Å². The summed E-state index contributed by atoms with van der Waals surface area (Å²) in [5.41, 5.74) is 5.49. The van der Waals surface area contributed by atoms with Gasteiger partial charge < -0.3 is 19.9 Å². The van der Waals surface area contributed by atoms with Gasteiger partial charge in [0.25, 0.3) is 0 Å². The minimum absolute atomic E-state index is 0.0311. The van der Waals surface area contributed by atoms with Crippen LogP contribution in [0.2, 0.25) is 0 Å². The van der Waals surface area contributed by atoms with E-state index in [1.807, 2.05) is 52.0 Å². The molecule has 1 fully saturated rings. The molecule has 3 rings (SSSR count). The third-order valence-corrected chi connectivity index (χ3v) is 8.86. The Kier molecular flexibility index (Phi) is 12.6. The molecule has 0 spiro atoms. The second-order valence-electron chi connectivity index (χ2n) is 11.3. The number of carbonyl (C=O) groups is 1. The third-order valence-electron chi connectivity index (χ3n) is 7.14. The van der Waals surface area contributed by atoms with Crippen molar-refractivity contribution >= 4 is 15.6 Å². The maximum atomic E-state index is 14.5. The van der Waals surface area contributed by atoms with E-state index in [0.717, 1.165) is 39.3 Å². The Balaban J connectivity index is 1.82. The van der Waals surface area contributed by atoms with Gasteiger partial charge in [0.15, 0.2) is 15.6 Å². The zero-order valence-electron chi connectivity index (χ0n) is 25.6. The summed E-state index contributed by atoms with van der Waals surface area (Å²) >= 11 is 0. The lowest BCUT2D eigenvalue weighted by atomic mass is 9.93. The number of hydrogen-bond donors (Lipinski definition) is 2. The average molecular weight is 614 g/mol. The van der Waals surface area contributed by atoms with Crippen molar-refractivity contribution in [1.82, 2.24) is 5.32 Å². The van der Waals surface area contributed by atoms with Crippen LogP contribution in [0.1, 0.15) is 62.6 Å². The zero-order chi connectivity index (χ0) is 31.6. The number of Topliss-reactive ketones (excluding diaryl/α,β-unsaturated/α-hetero) is 1. The quantitative estimate of drug-likeness (QED) is 0.222. The van der Waals surface area contributed by atoms with Crippen LogP contribution < -0.4 is 14.8 Å². The predicted molar refractivity (Wildman–Crippen MR) is 170 cm³/mol. The maximum Gasteiger partial charge on any atom is 0.158 e. The van der Waals surface area contributed by atoms with Gasteiger partial charge in [-0.1, -0.05) is 18.7 Å². The monoisotopic (exact) mass is 613 g/mol. The highest BCUT2D eigenvalue weighted by Crippen LogP contribution is 2.38. The first-order valence-electron chi connectivity index (χ1n) is 14.7. The van der Waals surface area contributed by atoms with Crippen molar-refractivity contribution in [1.29, 1.82) is 0 Å². The Labute approximate surface area is 255 Å². The lowest BCUT2D eigenvalue weighted by Gasteiger charge is -2.24. The van der Waals surface area contributed by atoms with Crippen LogP contribution in [-0.4, -0.2) is 49.6 Å². The van der Waals surface area contributed by atoms with Crippen molar-refractivity contribution < 1.29 is 32.2 Å². The molecule has 0 aromatic heterocycles. The van der Waals surface area contributed by atoms with E-state index in [2.05, 4.69) is 18.0 Å². The number of ketones is 1. The largest absolute Gasteiger partial charge is 0.490 e. The number of ether oxygens (including phenoxy) is 2. The average Bonchev–Trinajstić information content (AvgIpc) is 2.93. The van der Waals surface area contributed by atoms with Crippen LogP contribution in [0.15, 0.2) is 66.7 Å². The first-order chi connectivity index (χ1) is 20.4. The summed E-state index contributed by atoms with van der Waals surface area (Å²) in [5.74, 6) is 1.12. The Hall–Kier alpha value is -3.43. The number of allylic oxidation sites excluding steroid dienone is 4. The van der Waals surface area contributed by atoms with Gasteiger partial charge in [0.1, 0.15) is 30.0 Å². The van der Waals surface area contributed by atoms with Gasteiger partial charge in [0.2, 0.25) is 0 Å². The first kappa shape index (κ1) is 34.1. The topological polar surface area (TPSA) is 102 Å². The molecule has 0 unspecified atom stereocenters. The standard InChI is InChI=1S/C34H44FNO6S/c1-6-8-28(20-27(35)9-7-10-29(38)22-37)36-21-26-11-12-33(41-23(2)3)32(19-26)34-24(4)17-31(18-25(34)5)42-30-13-15-43(39,40)16-14-30/h6,8,11-12,17-20,23,30,36-37H,1,7,9-10,13-16,21-22H2,2-5H3/b27-20+,28-8+. The van der Waals surface area contributed by atoms with Crippen LogP contribution in [0.5, 0.6) is 11.5 Å². The molecule has 0 radical (unpaired) electrons. The molecule has 0 saturated carbocycles. The molecule has 9 heteroatoms. The van der Waals surface area contributed by atoms with Gasteiger partial charge in [-0.05, 0) is 112 Å². The molecule has 2 N–H and O–H groups in total. The van der Waals surface area contributed by atoms with Gasteiger partial charge in [-0.15, -0.1) is 0 Å². The van der Waals surface area contributed by atoms with E-state index in [0.29, 0.717) is 31.5 Å². The summed E-state index contributed by atoms with van der Waals surface area (Å²) in [6, 6.07) is 9.96. The highest BCUT2D eigenvalue weighted by Gasteiger charge is 2.25. The summed E-state index contributed by atoms with van der Waals surface area (Å²) in [5, 5.41) is 12.1. The fraction of sp³-hybridized carbons (Fsp3) is 0.441. The van der Waals surface area contributed by atoms with Crippen LogP contribution in [0.4, 0.5) is 4.39 Å². The van der Waals surface area contributed by atoms with Crippen molar-refractivity contribution in [3.05, 3.63) is 83.4 Å². The van der Waals surface area contributed by atoms with Gasteiger partial charge in [-0.25, -0.2) is 12.8 Å². The van der Waals surface area contributed by atoms with E-state index >= 15 is 0 Å². The Morgan fingerprint density at radius 1 is 1.14 bits per heavy atom. The van der Waals surface area contributed by atoms with E-state index in [-0.39, 0.29) is 48.2 Å². The summed E-state index contributed by atoms with van der Waals surface area (Å²) in [6.07, 6.45) is 6.06. The second-order valence-corrected chi connectivity index (χ2v) is 13.6. The lowest BCUT2D eigenvalue weighted by Crippen LogP contribution is -2.30. The van der Waals surface area contributed by atoms with Crippen molar-refractivity contribution in [2.45, 2.75) is 78.6 Å². The van der Waals surface area contributed by atoms with Gasteiger partial charge in [-0.3, -0.25) is 4.79 Å². The highest BCUT2D eigenvalue weighted by atomic mass is 32.2. The van der Waals surface area contributed by atoms with E-state index in [1.165, 1.54) is 6.08 Å². The van der Waals surface area contributed by atoms with Crippen LogP contribution in [0.3, 0.4) is 0 Å². The number of carbonyl (C=O) groups excluding carboxylic acids is 1.